The number of rotatable bonds is 5. The van der Waals surface area contributed by atoms with Crippen molar-refractivity contribution in [1.82, 2.24) is 24.8 Å². The van der Waals surface area contributed by atoms with Crippen LogP contribution in [0.2, 0.25) is 0 Å². The average molecular weight is 323 g/mol. The third-order valence-electron chi connectivity index (χ3n) is 4.20. The van der Waals surface area contributed by atoms with Crippen LogP contribution in [0.3, 0.4) is 0 Å². The van der Waals surface area contributed by atoms with Gasteiger partial charge in [0.15, 0.2) is 0 Å². The highest BCUT2D eigenvalue weighted by Gasteiger charge is 2.17. The van der Waals surface area contributed by atoms with Crippen LogP contribution in [-0.4, -0.2) is 31.4 Å². The number of benzene rings is 1. The average Bonchev–Trinajstić information content (AvgIpc) is 2.60. The largest absolute Gasteiger partial charge is 0.309 e. The first kappa shape index (κ1) is 16.3. The van der Waals surface area contributed by atoms with Crippen LogP contribution in [0.5, 0.6) is 0 Å². The van der Waals surface area contributed by atoms with Gasteiger partial charge in [-0.25, -0.2) is 4.98 Å². The van der Waals surface area contributed by atoms with E-state index in [-0.39, 0.29) is 11.6 Å². The molecule has 0 aliphatic rings. The minimum absolute atomic E-state index is 0.0832. The number of nitrogens with zero attached hydrogens (tertiary/aromatic N) is 4. The first-order chi connectivity index (χ1) is 11.6. The summed E-state index contributed by atoms with van der Waals surface area (Å²) in [5.74, 6) is 0.660. The highest BCUT2D eigenvalue weighted by Crippen LogP contribution is 2.19. The van der Waals surface area contributed by atoms with Gasteiger partial charge in [-0.1, -0.05) is 19.1 Å². The second-order valence-corrected chi connectivity index (χ2v) is 5.85. The van der Waals surface area contributed by atoms with Gasteiger partial charge in [-0.2, -0.15) is 0 Å². The first-order valence-electron chi connectivity index (χ1n) is 8.09. The Morgan fingerprint density at radius 3 is 2.71 bits per heavy atom. The number of aromatic nitrogens is 4. The van der Waals surface area contributed by atoms with Gasteiger partial charge in [0.25, 0.3) is 5.56 Å². The molecule has 0 amide bonds. The molecule has 0 aliphatic heterocycles. The Morgan fingerprint density at radius 2 is 2.00 bits per heavy atom. The zero-order chi connectivity index (χ0) is 17.1. The second kappa shape index (κ2) is 6.88. The normalized spacial score (nSPS) is 12.7. The monoisotopic (exact) mass is 323 g/mol. The van der Waals surface area contributed by atoms with Crippen LogP contribution in [0.25, 0.3) is 10.9 Å². The Morgan fingerprint density at radius 1 is 1.21 bits per heavy atom. The standard InChI is InChI=1S/C18H21N5O/c1-4-23(13(3)16-10-19-12(2)9-20-16)11-17-21-15-8-6-5-7-14(15)18(24)22-17/h5-10,13H,4,11H2,1-3H3,(H,21,22,24)/t13-/m0/s1. The molecule has 24 heavy (non-hydrogen) atoms. The Labute approximate surface area is 140 Å². The highest BCUT2D eigenvalue weighted by atomic mass is 16.1. The molecule has 0 unspecified atom stereocenters. The van der Waals surface area contributed by atoms with Crippen LogP contribution >= 0.6 is 0 Å². The summed E-state index contributed by atoms with van der Waals surface area (Å²) in [7, 11) is 0. The molecule has 0 aliphatic carbocycles. The third-order valence-corrected chi connectivity index (χ3v) is 4.20. The molecule has 0 fully saturated rings. The van der Waals surface area contributed by atoms with Crippen LogP contribution in [0.1, 0.15) is 37.1 Å². The van der Waals surface area contributed by atoms with Crippen molar-refractivity contribution < 1.29 is 0 Å². The molecular weight excluding hydrogens is 302 g/mol. The molecule has 0 spiro atoms. The Hall–Kier alpha value is -2.60. The molecule has 0 saturated carbocycles. The smallest absolute Gasteiger partial charge is 0.258 e. The first-order valence-corrected chi connectivity index (χ1v) is 8.09. The predicted molar refractivity (Wildman–Crippen MR) is 93.6 cm³/mol. The third kappa shape index (κ3) is 3.33. The van der Waals surface area contributed by atoms with E-state index < -0.39 is 0 Å². The van der Waals surface area contributed by atoms with Crippen LogP contribution in [-0.2, 0) is 6.54 Å². The Balaban J connectivity index is 1.87. The van der Waals surface area contributed by atoms with Crippen LogP contribution in [0, 0.1) is 6.92 Å². The van der Waals surface area contributed by atoms with Crippen molar-refractivity contribution in [3.8, 4) is 0 Å². The summed E-state index contributed by atoms with van der Waals surface area (Å²) >= 11 is 0. The summed E-state index contributed by atoms with van der Waals surface area (Å²) in [4.78, 5) is 30.7. The lowest BCUT2D eigenvalue weighted by Crippen LogP contribution is -2.29. The number of nitrogens with one attached hydrogen (secondary N) is 1. The zero-order valence-electron chi connectivity index (χ0n) is 14.2. The van der Waals surface area contributed by atoms with Gasteiger partial charge in [0, 0.05) is 6.20 Å². The summed E-state index contributed by atoms with van der Waals surface area (Å²) in [6.07, 6.45) is 3.58. The number of aromatic amines is 1. The molecule has 0 radical (unpaired) electrons. The molecule has 1 atom stereocenters. The summed E-state index contributed by atoms with van der Waals surface area (Å²) in [5, 5.41) is 0.613. The molecule has 0 bridgehead atoms. The molecule has 2 heterocycles. The van der Waals surface area contributed by atoms with E-state index in [4.69, 9.17) is 0 Å². The molecule has 1 N–H and O–H groups in total. The van der Waals surface area contributed by atoms with E-state index >= 15 is 0 Å². The second-order valence-electron chi connectivity index (χ2n) is 5.85. The van der Waals surface area contributed by atoms with Gasteiger partial charge in [-0.05, 0) is 32.5 Å². The number of aryl methyl sites for hydroxylation is 1. The van der Waals surface area contributed by atoms with Gasteiger partial charge < -0.3 is 4.98 Å². The fourth-order valence-corrected chi connectivity index (χ4v) is 2.73. The molecule has 2 aromatic heterocycles. The lowest BCUT2D eigenvalue weighted by molar-refractivity contribution is 0.203. The van der Waals surface area contributed by atoms with E-state index in [0.29, 0.717) is 17.8 Å². The molecular formula is C18H21N5O. The number of hydrogen-bond donors (Lipinski definition) is 1. The molecule has 124 valence electrons. The fourth-order valence-electron chi connectivity index (χ4n) is 2.73. The summed E-state index contributed by atoms with van der Waals surface area (Å²) in [6.45, 7) is 7.45. The summed E-state index contributed by atoms with van der Waals surface area (Å²) in [5.41, 5.74) is 2.42. The van der Waals surface area contributed by atoms with E-state index in [1.165, 1.54) is 0 Å². The predicted octanol–water partition coefficient (Wildman–Crippen LogP) is 2.60. The van der Waals surface area contributed by atoms with E-state index in [1.54, 1.807) is 18.5 Å². The maximum atomic E-state index is 12.2. The van der Waals surface area contributed by atoms with Crippen molar-refractivity contribution in [3.05, 3.63) is 64.2 Å². The minimum Gasteiger partial charge on any atom is -0.309 e. The van der Waals surface area contributed by atoms with Crippen molar-refractivity contribution >= 4 is 10.9 Å². The van der Waals surface area contributed by atoms with Crippen molar-refractivity contribution in [2.75, 3.05) is 6.54 Å². The van der Waals surface area contributed by atoms with Gasteiger partial charge in [0.05, 0.1) is 41.1 Å². The van der Waals surface area contributed by atoms with E-state index in [1.807, 2.05) is 25.1 Å². The van der Waals surface area contributed by atoms with Gasteiger partial charge >= 0.3 is 0 Å². The van der Waals surface area contributed by atoms with Gasteiger partial charge in [0.1, 0.15) is 5.82 Å². The molecule has 3 aromatic rings. The van der Waals surface area contributed by atoms with Crippen molar-refractivity contribution in [2.24, 2.45) is 0 Å². The number of para-hydroxylation sites is 1. The summed E-state index contributed by atoms with van der Waals surface area (Å²) < 4.78 is 0. The quantitative estimate of drug-likeness (QED) is 0.781. The molecule has 1 aromatic carbocycles. The van der Waals surface area contributed by atoms with Crippen molar-refractivity contribution in [1.29, 1.82) is 0 Å². The number of H-pyrrole nitrogens is 1. The van der Waals surface area contributed by atoms with Crippen molar-refractivity contribution in [3.63, 3.8) is 0 Å². The van der Waals surface area contributed by atoms with Crippen LogP contribution in [0.15, 0.2) is 41.5 Å². The topological polar surface area (TPSA) is 74.8 Å². The van der Waals surface area contributed by atoms with Crippen molar-refractivity contribution in [2.45, 2.75) is 33.4 Å². The maximum absolute atomic E-state index is 12.2. The lowest BCUT2D eigenvalue weighted by Gasteiger charge is -2.26. The van der Waals surface area contributed by atoms with E-state index in [0.717, 1.165) is 23.4 Å². The minimum atomic E-state index is -0.102. The fraction of sp³-hybridized carbons (Fsp3) is 0.333. The zero-order valence-corrected chi connectivity index (χ0v) is 14.2. The van der Waals surface area contributed by atoms with Crippen LogP contribution in [0.4, 0.5) is 0 Å². The van der Waals surface area contributed by atoms with E-state index in [9.17, 15) is 4.79 Å². The highest BCUT2D eigenvalue weighted by molar-refractivity contribution is 5.77. The van der Waals surface area contributed by atoms with E-state index in [2.05, 4.69) is 38.7 Å². The lowest BCUT2D eigenvalue weighted by atomic mass is 10.2. The van der Waals surface area contributed by atoms with Gasteiger partial charge in [-0.15, -0.1) is 0 Å². The van der Waals surface area contributed by atoms with Gasteiger partial charge in [0.2, 0.25) is 0 Å². The van der Waals surface area contributed by atoms with Gasteiger partial charge in [-0.3, -0.25) is 19.7 Å². The number of fused-ring (bicyclic) bond motifs is 1. The molecule has 0 saturated heterocycles. The maximum Gasteiger partial charge on any atom is 0.258 e. The Bertz CT molecular complexity index is 888. The molecule has 3 rings (SSSR count). The number of hydrogen-bond acceptors (Lipinski definition) is 5. The SMILES string of the molecule is CCN(Cc1nc2ccccc2c(=O)[nH]1)[C@@H](C)c1cnc(C)cn1. The van der Waals surface area contributed by atoms with Crippen LogP contribution < -0.4 is 5.56 Å². The molecule has 6 nitrogen and oxygen atoms in total. The molecule has 6 heteroatoms. The summed E-state index contributed by atoms with van der Waals surface area (Å²) in [6, 6.07) is 7.46. The Kier molecular flexibility index (Phi) is 4.66.